The quantitative estimate of drug-likeness (QED) is 0.622. The van der Waals surface area contributed by atoms with Crippen LogP contribution in [0.5, 0.6) is 0 Å². The van der Waals surface area contributed by atoms with E-state index in [1.807, 2.05) is 0 Å². The standard InChI is InChI=1S/C11H14BrF2N/c12-5-1-2-6-15-8-9-3-4-10(13)7-11(9)14/h3-4,7,15H,1-2,5-6,8H2. The van der Waals surface area contributed by atoms with Gasteiger partial charge in [0, 0.05) is 23.5 Å². The van der Waals surface area contributed by atoms with Crippen LogP contribution in [0.4, 0.5) is 8.78 Å². The Morgan fingerprint density at radius 2 is 2.00 bits per heavy atom. The second kappa shape index (κ2) is 6.90. The zero-order chi connectivity index (χ0) is 11.1. The SMILES string of the molecule is Fc1ccc(CNCCCCBr)c(F)c1. The van der Waals surface area contributed by atoms with Crippen LogP contribution in [0.1, 0.15) is 18.4 Å². The lowest BCUT2D eigenvalue weighted by Gasteiger charge is -2.05. The van der Waals surface area contributed by atoms with Crippen molar-refractivity contribution >= 4 is 15.9 Å². The van der Waals surface area contributed by atoms with E-state index in [4.69, 9.17) is 0 Å². The van der Waals surface area contributed by atoms with Crippen LogP contribution in [0.25, 0.3) is 0 Å². The summed E-state index contributed by atoms with van der Waals surface area (Å²) < 4.78 is 25.7. The Labute approximate surface area is 97.0 Å². The van der Waals surface area contributed by atoms with Crippen LogP contribution in [0.15, 0.2) is 18.2 Å². The van der Waals surface area contributed by atoms with E-state index < -0.39 is 11.6 Å². The molecule has 1 N–H and O–H groups in total. The molecule has 0 atom stereocenters. The molecule has 0 heterocycles. The van der Waals surface area contributed by atoms with Gasteiger partial charge in [-0.25, -0.2) is 8.78 Å². The maximum Gasteiger partial charge on any atom is 0.130 e. The molecule has 1 rings (SSSR count). The van der Waals surface area contributed by atoms with Crippen molar-refractivity contribution in [2.75, 3.05) is 11.9 Å². The summed E-state index contributed by atoms with van der Waals surface area (Å²) in [6.45, 7) is 1.30. The first-order valence-electron chi connectivity index (χ1n) is 4.94. The van der Waals surface area contributed by atoms with Gasteiger partial charge in [-0.05, 0) is 25.5 Å². The minimum absolute atomic E-state index is 0.453. The molecule has 1 aromatic rings. The van der Waals surface area contributed by atoms with Crippen molar-refractivity contribution in [1.82, 2.24) is 5.32 Å². The molecule has 0 radical (unpaired) electrons. The van der Waals surface area contributed by atoms with Gasteiger partial charge in [-0.1, -0.05) is 22.0 Å². The van der Waals surface area contributed by atoms with Crippen LogP contribution in [0, 0.1) is 11.6 Å². The number of unbranched alkanes of at least 4 members (excludes halogenated alkanes) is 1. The minimum atomic E-state index is -0.532. The molecule has 0 aliphatic rings. The van der Waals surface area contributed by atoms with E-state index in [9.17, 15) is 8.78 Å². The average molecular weight is 278 g/mol. The van der Waals surface area contributed by atoms with Crippen LogP contribution in [-0.4, -0.2) is 11.9 Å². The van der Waals surface area contributed by atoms with E-state index in [0.717, 1.165) is 30.8 Å². The Morgan fingerprint density at radius 1 is 1.20 bits per heavy atom. The van der Waals surface area contributed by atoms with Crippen molar-refractivity contribution in [2.45, 2.75) is 19.4 Å². The number of rotatable bonds is 6. The van der Waals surface area contributed by atoms with Crippen LogP contribution >= 0.6 is 15.9 Å². The van der Waals surface area contributed by atoms with Gasteiger partial charge in [0.25, 0.3) is 0 Å². The zero-order valence-corrected chi connectivity index (χ0v) is 9.99. The van der Waals surface area contributed by atoms with E-state index >= 15 is 0 Å². The molecule has 0 spiro atoms. The summed E-state index contributed by atoms with van der Waals surface area (Å²) in [5.41, 5.74) is 0.509. The molecule has 1 nitrogen and oxygen atoms in total. The summed E-state index contributed by atoms with van der Waals surface area (Å²) in [6, 6.07) is 3.66. The number of benzene rings is 1. The molecule has 0 bridgehead atoms. The first-order valence-corrected chi connectivity index (χ1v) is 6.07. The Morgan fingerprint density at radius 3 is 2.67 bits per heavy atom. The summed E-state index contributed by atoms with van der Waals surface area (Å²) in [5, 5.41) is 4.10. The summed E-state index contributed by atoms with van der Waals surface area (Å²) in [4.78, 5) is 0. The lowest BCUT2D eigenvalue weighted by Crippen LogP contribution is -2.15. The predicted molar refractivity (Wildman–Crippen MR) is 61.1 cm³/mol. The Bertz CT molecular complexity index is 305. The Kier molecular flexibility index (Phi) is 5.79. The van der Waals surface area contributed by atoms with E-state index in [1.165, 1.54) is 12.1 Å². The third-order valence-corrected chi connectivity index (χ3v) is 2.63. The summed E-state index contributed by atoms with van der Waals surface area (Å²) in [6.07, 6.45) is 2.15. The van der Waals surface area contributed by atoms with Crippen molar-refractivity contribution in [2.24, 2.45) is 0 Å². The van der Waals surface area contributed by atoms with Crippen LogP contribution in [0.2, 0.25) is 0 Å². The molecule has 0 saturated heterocycles. The monoisotopic (exact) mass is 277 g/mol. The van der Waals surface area contributed by atoms with Gasteiger partial charge in [0.2, 0.25) is 0 Å². The van der Waals surface area contributed by atoms with Crippen molar-refractivity contribution < 1.29 is 8.78 Å². The van der Waals surface area contributed by atoms with Crippen molar-refractivity contribution in [3.8, 4) is 0 Å². The normalized spacial score (nSPS) is 10.6. The number of hydrogen-bond acceptors (Lipinski definition) is 1. The molecule has 84 valence electrons. The molecule has 0 aromatic heterocycles. The maximum absolute atomic E-state index is 13.1. The van der Waals surface area contributed by atoms with E-state index in [2.05, 4.69) is 21.2 Å². The third-order valence-electron chi connectivity index (χ3n) is 2.07. The lowest BCUT2D eigenvalue weighted by atomic mass is 10.2. The molecular formula is C11H14BrF2N. The molecular weight excluding hydrogens is 264 g/mol. The highest BCUT2D eigenvalue weighted by atomic mass is 79.9. The zero-order valence-electron chi connectivity index (χ0n) is 8.40. The fourth-order valence-corrected chi connectivity index (χ4v) is 1.63. The van der Waals surface area contributed by atoms with Gasteiger partial charge in [-0.2, -0.15) is 0 Å². The third kappa shape index (κ3) is 4.71. The summed E-state index contributed by atoms with van der Waals surface area (Å²) in [5.74, 6) is -1.02. The molecule has 0 amide bonds. The average Bonchev–Trinajstić information content (AvgIpc) is 2.20. The second-order valence-corrected chi connectivity index (χ2v) is 4.10. The van der Waals surface area contributed by atoms with Gasteiger partial charge in [-0.3, -0.25) is 0 Å². The van der Waals surface area contributed by atoms with Crippen LogP contribution in [-0.2, 0) is 6.54 Å². The van der Waals surface area contributed by atoms with Gasteiger partial charge in [0.05, 0.1) is 0 Å². The fraction of sp³-hybridized carbons (Fsp3) is 0.455. The van der Waals surface area contributed by atoms with E-state index in [1.54, 1.807) is 0 Å². The second-order valence-electron chi connectivity index (χ2n) is 3.31. The van der Waals surface area contributed by atoms with Gasteiger partial charge >= 0.3 is 0 Å². The van der Waals surface area contributed by atoms with Gasteiger partial charge in [0.1, 0.15) is 11.6 Å². The highest BCUT2D eigenvalue weighted by molar-refractivity contribution is 9.09. The molecule has 15 heavy (non-hydrogen) atoms. The highest BCUT2D eigenvalue weighted by Gasteiger charge is 2.02. The number of hydrogen-bond donors (Lipinski definition) is 1. The maximum atomic E-state index is 13.1. The lowest BCUT2D eigenvalue weighted by molar-refractivity contribution is 0.557. The molecule has 4 heteroatoms. The highest BCUT2D eigenvalue weighted by Crippen LogP contribution is 2.08. The van der Waals surface area contributed by atoms with Gasteiger partial charge in [-0.15, -0.1) is 0 Å². The topological polar surface area (TPSA) is 12.0 Å². The first-order chi connectivity index (χ1) is 7.24. The largest absolute Gasteiger partial charge is 0.313 e. The summed E-state index contributed by atoms with van der Waals surface area (Å²) >= 11 is 3.34. The van der Waals surface area contributed by atoms with Gasteiger partial charge < -0.3 is 5.32 Å². The fourth-order valence-electron chi connectivity index (χ4n) is 1.23. The van der Waals surface area contributed by atoms with Crippen molar-refractivity contribution in [1.29, 1.82) is 0 Å². The molecule has 0 fully saturated rings. The Hall–Kier alpha value is -0.480. The first kappa shape index (κ1) is 12.6. The number of nitrogens with one attached hydrogen (secondary N) is 1. The molecule has 1 aromatic carbocycles. The summed E-state index contributed by atoms with van der Waals surface area (Å²) in [7, 11) is 0. The number of halogens is 3. The van der Waals surface area contributed by atoms with Crippen molar-refractivity contribution in [3.63, 3.8) is 0 Å². The van der Waals surface area contributed by atoms with Crippen LogP contribution in [0.3, 0.4) is 0 Å². The number of alkyl halides is 1. The van der Waals surface area contributed by atoms with E-state index in [-0.39, 0.29) is 0 Å². The smallest absolute Gasteiger partial charge is 0.130 e. The minimum Gasteiger partial charge on any atom is -0.313 e. The molecule has 0 aliphatic heterocycles. The molecule has 0 aliphatic carbocycles. The molecule has 0 saturated carbocycles. The Balaban J connectivity index is 2.31. The van der Waals surface area contributed by atoms with E-state index in [0.29, 0.717) is 12.1 Å². The molecule has 0 unspecified atom stereocenters. The van der Waals surface area contributed by atoms with Gasteiger partial charge in [0.15, 0.2) is 0 Å². The van der Waals surface area contributed by atoms with Crippen molar-refractivity contribution in [3.05, 3.63) is 35.4 Å². The van der Waals surface area contributed by atoms with Crippen LogP contribution < -0.4 is 5.32 Å². The predicted octanol–water partition coefficient (Wildman–Crippen LogP) is 3.23.